The Labute approximate surface area is 154 Å². The number of imidazole rings is 1. The van der Waals surface area contributed by atoms with Crippen molar-refractivity contribution in [2.45, 2.75) is 26.4 Å². The van der Waals surface area contributed by atoms with Crippen LogP contribution in [0.4, 0.5) is 0 Å². The van der Waals surface area contributed by atoms with Crippen LogP contribution in [0.2, 0.25) is 0 Å². The molecule has 1 N–H and O–H groups in total. The van der Waals surface area contributed by atoms with Gasteiger partial charge >= 0.3 is 0 Å². The van der Waals surface area contributed by atoms with Gasteiger partial charge in [-0.3, -0.25) is 14.6 Å². The van der Waals surface area contributed by atoms with Gasteiger partial charge in [-0.1, -0.05) is 6.07 Å². The van der Waals surface area contributed by atoms with Crippen molar-refractivity contribution in [3.63, 3.8) is 0 Å². The van der Waals surface area contributed by atoms with E-state index in [1.807, 2.05) is 29.8 Å². The van der Waals surface area contributed by atoms with Crippen LogP contribution in [0, 0.1) is 23.7 Å². The summed E-state index contributed by atoms with van der Waals surface area (Å²) in [5, 5.41) is 18.1. The van der Waals surface area contributed by atoms with Gasteiger partial charge in [0.05, 0.1) is 17.3 Å². The van der Waals surface area contributed by atoms with Crippen LogP contribution >= 0.6 is 0 Å². The van der Waals surface area contributed by atoms with E-state index in [2.05, 4.69) is 9.97 Å². The Morgan fingerprint density at radius 2 is 2.11 bits per heavy atom. The van der Waals surface area contributed by atoms with E-state index in [0.717, 1.165) is 12.1 Å². The minimum absolute atomic E-state index is 0.0699. The lowest BCUT2D eigenvalue weighted by Gasteiger charge is -2.13. The summed E-state index contributed by atoms with van der Waals surface area (Å²) in [7, 11) is 0. The zero-order chi connectivity index (χ0) is 19.0. The quantitative estimate of drug-likeness (QED) is 0.559. The molecule has 0 bridgehead atoms. The number of hydrogen-bond donors (Lipinski definition) is 1. The topological polar surface area (TPSA) is 105 Å². The van der Waals surface area contributed by atoms with Crippen LogP contribution in [0.1, 0.15) is 17.5 Å². The van der Waals surface area contributed by atoms with Crippen molar-refractivity contribution in [3.05, 3.63) is 70.1 Å². The summed E-state index contributed by atoms with van der Waals surface area (Å²) < 4.78 is 5.08. The second-order valence-electron chi connectivity index (χ2n) is 6.36. The smallest absolute Gasteiger partial charge is 0.267 e. The molecule has 0 spiro atoms. The first-order chi connectivity index (χ1) is 13.1. The molecule has 27 heavy (non-hydrogen) atoms. The van der Waals surface area contributed by atoms with E-state index in [1.165, 1.54) is 10.5 Å². The number of rotatable bonds is 4. The van der Waals surface area contributed by atoms with Crippen LogP contribution in [0.15, 0.2) is 47.9 Å². The fraction of sp³-hybridized carbons (Fsp3) is 0.211. The molecule has 8 heteroatoms. The first kappa shape index (κ1) is 16.7. The second kappa shape index (κ2) is 6.53. The van der Waals surface area contributed by atoms with Crippen molar-refractivity contribution < 1.29 is 0 Å². The molecule has 0 atom stereocenters. The summed E-state index contributed by atoms with van der Waals surface area (Å²) in [5.41, 5.74) is 1.86. The number of pyridine rings is 2. The molecule has 0 aliphatic rings. The van der Waals surface area contributed by atoms with Gasteiger partial charge < -0.3 is 9.13 Å². The van der Waals surface area contributed by atoms with Crippen molar-refractivity contribution in [2.75, 3.05) is 0 Å². The maximum atomic E-state index is 13.0. The Balaban J connectivity index is 1.92. The predicted molar refractivity (Wildman–Crippen MR) is 99.1 cm³/mol. The molecule has 0 aromatic carbocycles. The molecule has 0 aliphatic carbocycles. The van der Waals surface area contributed by atoms with Crippen molar-refractivity contribution >= 4 is 16.7 Å². The highest BCUT2D eigenvalue weighted by Gasteiger charge is 2.14. The Hall–Kier alpha value is -3.73. The number of nitriles is 1. The predicted octanol–water partition coefficient (Wildman–Crippen LogP) is 1.60. The van der Waals surface area contributed by atoms with E-state index in [9.17, 15) is 10.1 Å². The van der Waals surface area contributed by atoms with E-state index in [1.54, 1.807) is 29.4 Å². The van der Waals surface area contributed by atoms with Gasteiger partial charge in [0.15, 0.2) is 0 Å². The van der Waals surface area contributed by atoms with Crippen molar-refractivity contribution in [2.24, 2.45) is 0 Å². The lowest BCUT2D eigenvalue weighted by atomic mass is 10.2. The molecule has 0 radical (unpaired) electrons. The summed E-state index contributed by atoms with van der Waals surface area (Å²) in [6.07, 6.45) is 7.70. The SMILES string of the molecule is Cc1cccn2c(=O)c3cc(C#N)c(=N)n(CCCn4ccnc4)c3nc12. The number of aryl methyl sites for hydroxylation is 3. The minimum Gasteiger partial charge on any atom is -0.337 e. The summed E-state index contributed by atoms with van der Waals surface area (Å²) >= 11 is 0. The molecular weight excluding hydrogens is 342 g/mol. The Kier molecular flexibility index (Phi) is 4.05. The van der Waals surface area contributed by atoms with Gasteiger partial charge in [-0.15, -0.1) is 0 Å². The third-order valence-corrected chi connectivity index (χ3v) is 4.61. The third kappa shape index (κ3) is 2.79. The standard InChI is InChI=1S/C19H17N7O/c1-13-4-2-7-26-17(13)23-18-15(19(26)27)10-14(11-20)16(21)25(18)8-3-6-24-9-5-22-12-24/h2,4-5,7,9-10,12,21H,3,6,8H2,1H3. The van der Waals surface area contributed by atoms with Gasteiger partial charge in [-0.25, -0.2) is 9.97 Å². The van der Waals surface area contributed by atoms with E-state index in [0.29, 0.717) is 29.6 Å². The average molecular weight is 359 g/mol. The lowest BCUT2D eigenvalue weighted by Crippen LogP contribution is -2.28. The van der Waals surface area contributed by atoms with Crippen LogP contribution in [-0.4, -0.2) is 23.5 Å². The van der Waals surface area contributed by atoms with Gasteiger partial charge in [0.1, 0.15) is 22.9 Å². The van der Waals surface area contributed by atoms with Gasteiger partial charge in [-0.2, -0.15) is 5.26 Å². The highest BCUT2D eigenvalue weighted by molar-refractivity contribution is 5.78. The Bertz CT molecular complexity index is 1310. The van der Waals surface area contributed by atoms with Gasteiger partial charge in [0.2, 0.25) is 0 Å². The van der Waals surface area contributed by atoms with Crippen LogP contribution in [-0.2, 0) is 13.1 Å². The molecule has 0 amide bonds. The maximum Gasteiger partial charge on any atom is 0.267 e. The largest absolute Gasteiger partial charge is 0.337 e. The van der Waals surface area contributed by atoms with Crippen LogP contribution in [0.5, 0.6) is 0 Å². The van der Waals surface area contributed by atoms with Crippen LogP contribution in [0.25, 0.3) is 16.7 Å². The fourth-order valence-electron chi connectivity index (χ4n) is 3.23. The normalized spacial score (nSPS) is 11.1. The lowest BCUT2D eigenvalue weighted by molar-refractivity contribution is 0.554. The second-order valence-corrected chi connectivity index (χ2v) is 6.36. The summed E-state index contributed by atoms with van der Waals surface area (Å²) in [6.45, 7) is 3.08. The van der Waals surface area contributed by atoms with Gasteiger partial charge in [0, 0.05) is 31.7 Å². The monoisotopic (exact) mass is 359 g/mol. The first-order valence-corrected chi connectivity index (χ1v) is 8.56. The van der Waals surface area contributed by atoms with Crippen LogP contribution in [0.3, 0.4) is 0 Å². The number of fused-ring (bicyclic) bond motifs is 2. The van der Waals surface area contributed by atoms with Gasteiger partial charge in [0.25, 0.3) is 5.56 Å². The molecule has 4 aromatic rings. The Morgan fingerprint density at radius 1 is 1.26 bits per heavy atom. The average Bonchev–Trinajstić information content (AvgIpc) is 3.18. The summed E-state index contributed by atoms with van der Waals surface area (Å²) in [6, 6.07) is 7.17. The molecule has 4 aromatic heterocycles. The molecular formula is C19H17N7O. The van der Waals surface area contributed by atoms with E-state index < -0.39 is 0 Å². The zero-order valence-electron chi connectivity index (χ0n) is 14.8. The Morgan fingerprint density at radius 3 is 2.85 bits per heavy atom. The molecule has 134 valence electrons. The number of nitrogens with zero attached hydrogens (tertiary/aromatic N) is 6. The van der Waals surface area contributed by atoms with E-state index in [4.69, 9.17) is 5.41 Å². The van der Waals surface area contributed by atoms with Crippen LogP contribution < -0.4 is 11.0 Å². The first-order valence-electron chi connectivity index (χ1n) is 8.56. The molecule has 0 aliphatic heterocycles. The van der Waals surface area contributed by atoms with Crippen molar-refractivity contribution in [3.8, 4) is 6.07 Å². The highest BCUT2D eigenvalue weighted by atomic mass is 16.1. The summed E-state index contributed by atoms with van der Waals surface area (Å²) in [5.74, 6) is 0. The molecule has 0 saturated heterocycles. The fourth-order valence-corrected chi connectivity index (χ4v) is 3.23. The van der Waals surface area contributed by atoms with Crippen molar-refractivity contribution in [1.82, 2.24) is 23.5 Å². The molecule has 4 rings (SSSR count). The van der Waals surface area contributed by atoms with E-state index in [-0.39, 0.29) is 16.6 Å². The summed E-state index contributed by atoms with van der Waals surface area (Å²) in [4.78, 5) is 21.6. The van der Waals surface area contributed by atoms with E-state index >= 15 is 0 Å². The zero-order valence-corrected chi connectivity index (χ0v) is 14.8. The van der Waals surface area contributed by atoms with Crippen molar-refractivity contribution in [1.29, 1.82) is 10.7 Å². The number of aromatic nitrogens is 5. The number of nitrogens with one attached hydrogen (secondary N) is 1. The molecule has 8 nitrogen and oxygen atoms in total. The van der Waals surface area contributed by atoms with Gasteiger partial charge in [-0.05, 0) is 31.0 Å². The molecule has 4 heterocycles. The highest BCUT2D eigenvalue weighted by Crippen LogP contribution is 2.13. The molecule has 0 unspecified atom stereocenters. The minimum atomic E-state index is -0.237. The third-order valence-electron chi connectivity index (χ3n) is 4.61. The number of hydrogen-bond acceptors (Lipinski definition) is 5. The maximum absolute atomic E-state index is 13.0. The molecule has 0 fully saturated rings. The molecule has 0 saturated carbocycles.